The van der Waals surface area contributed by atoms with Crippen molar-refractivity contribution >= 4 is 22.6 Å². The summed E-state index contributed by atoms with van der Waals surface area (Å²) in [5, 5.41) is 8.53. The molecule has 178 valence electrons. The molecule has 2 aromatic heterocycles. The number of rotatable bonds is 5. The zero-order chi connectivity index (χ0) is 23.8. The summed E-state index contributed by atoms with van der Waals surface area (Å²) in [6.07, 6.45) is 5.82. The number of aromatic nitrogens is 3. The number of fused-ring (bicyclic) bond motifs is 3. The molecule has 7 heteroatoms. The second-order valence-electron chi connectivity index (χ2n) is 9.82. The zero-order valence-electron chi connectivity index (χ0n) is 19.6. The molecule has 1 fully saturated rings. The first kappa shape index (κ1) is 21.8. The maximum Gasteiger partial charge on any atom is 0.267 e. The third-order valence-corrected chi connectivity index (χ3v) is 7.37. The SMILES string of the molecule is O=C(Cc1cnn(Cc2ccccc2)c1)c1ccc2cc3n(c2c1)CC1(CCOCC1)CNC3=O. The topological polar surface area (TPSA) is 78.2 Å². The van der Waals surface area contributed by atoms with E-state index in [0.717, 1.165) is 35.9 Å². The van der Waals surface area contributed by atoms with E-state index in [4.69, 9.17) is 4.74 Å². The Labute approximate surface area is 203 Å². The van der Waals surface area contributed by atoms with Crippen LogP contribution in [-0.2, 0) is 24.2 Å². The van der Waals surface area contributed by atoms with E-state index >= 15 is 0 Å². The molecule has 2 aliphatic rings. The molecule has 35 heavy (non-hydrogen) atoms. The molecule has 4 aromatic rings. The lowest BCUT2D eigenvalue weighted by Gasteiger charge is -2.36. The van der Waals surface area contributed by atoms with Crippen LogP contribution in [0.25, 0.3) is 10.9 Å². The molecule has 2 aliphatic heterocycles. The predicted octanol–water partition coefficient (Wildman–Crippen LogP) is 3.85. The molecule has 2 aromatic carbocycles. The molecule has 0 bridgehead atoms. The molecule has 0 radical (unpaired) electrons. The maximum absolute atomic E-state index is 13.2. The number of Topliss-reactive ketones (excluding diaryl/α,β-unsaturated/α-hetero) is 1. The largest absolute Gasteiger partial charge is 0.381 e. The highest BCUT2D eigenvalue weighted by Gasteiger charge is 2.37. The Morgan fingerprint density at radius 3 is 2.71 bits per heavy atom. The number of hydrogen-bond donors (Lipinski definition) is 1. The summed E-state index contributed by atoms with van der Waals surface area (Å²) in [6, 6.07) is 17.8. The fraction of sp³-hybridized carbons (Fsp3) is 0.321. The van der Waals surface area contributed by atoms with E-state index in [1.54, 1.807) is 6.20 Å². The van der Waals surface area contributed by atoms with Gasteiger partial charge in [0.25, 0.3) is 5.91 Å². The summed E-state index contributed by atoms with van der Waals surface area (Å²) in [4.78, 5) is 26.1. The Morgan fingerprint density at radius 2 is 1.89 bits per heavy atom. The number of carbonyl (C=O) groups excluding carboxylic acids is 2. The fourth-order valence-corrected chi connectivity index (χ4v) is 5.32. The summed E-state index contributed by atoms with van der Waals surface area (Å²) in [7, 11) is 0. The van der Waals surface area contributed by atoms with Crippen LogP contribution >= 0.6 is 0 Å². The van der Waals surface area contributed by atoms with Gasteiger partial charge in [-0.25, -0.2) is 0 Å². The Bertz CT molecular complexity index is 1400. The molecule has 0 saturated carbocycles. The number of ketones is 1. The van der Waals surface area contributed by atoms with E-state index in [9.17, 15) is 9.59 Å². The van der Waals surface area contributed by atoms with Gasteiger partial charge in [0.2, 0.25) is 0 Å². The van der Waals surface area contributed by atoms with Gasteiger partial charge in [-0.3, -0.25) is 14.3 Å². The van der Waals surface area contributed by atoms with E-state index in [2.05, 4.69) is 27.1 Å². The number of amides is 1. The third-order valence-electron chi connectivity index (χ3n) is 7.37. The first-order chi connectivity index (χ1) is 17.1. The van der Waals surface area contributed by atoms with Crippen molar-refractivity contribution in [3.05, 3.63) is 89.4 Å². The summed E-state index contributed by atoms with van der Waals surface area (Å²) < 4.78 is 9.56. The van der Waals surface area contributed by atoms with Gasteiger partial charge in [-0.15, -0.1) is 0 Å². The third kappa shape index (κ3) is 4.28. The van der Waals surface area contributed by atoms with E-state index < -0.39 is 0 Å². The summed E-state index contributed by atoms with van der Waals surface area (Å²) in [5.74, 6) is -0.0103. The minimum atomic E-state index is -0.0525. The lowest BCUT2D eigenvalue weighted by Crippen LogP contribution is -2.41. The van der Waals surface area contributed by atoms with Crippen LogP contribution in [0.5, 0.6) is 0 Å². The van der Waals surface area contributed by atoms with E-state index in [-0.39, 0.29) is 23.5 Å². The normalized spacial score (nSPS) is 17.2. The molecule has 0 atom stereocenters. The quantitative estimate of drug-likeness (QED) is 0.452. The molecule has 1 amide bonds. The van der Waals surface area contributed by atoms with E-state index in [0.29, 0.717) is 37.6 Å². The van der Waals surface area contributed by atoms with Crippen molar-refractivity contribution in [1.29, 1.82) is 0 Å². The van der Waals surface area contributed by atoms with Gasteiger partial charge in [-0.1, -0.05) is 42.5 Å². The molecule has 1 N–H and O–H groups in total. The minimum Gasteiger partial charge on any atom is -0.381 e. The predicted molar refractivity (Wildman–Crippen MR) is 133 cm³/mol. The van der Waals surface area contributed by atoms with E-state index in [1.165, 1.54) is 5.56 Å². The second-order valence-corrected chi connectivity index (χ2v) is 9.82. The van der Waals surface area contributed by atoms with Gasteiger partial charge in [0.1, 0.15) is 5.69 Å². The van der Waals surface area contributed by atoms with Gasteiger partial charge in [0, 0.05) is 60.8 Å². The van der Waals surface area contributed by atoms with Crippen LogP contribution < -0.4 is 5.32 Å². The Kier molecular flexibility index (Phi) is 5.49. The van der Waals surface area contributed by atoms with Gasteiger partial charge in [-0.2, -0.15) is 5.10 Å². The van der Waals surface area contributed by atoms with Crippen molar-refractivity contribution in [1.82, 2.24) is 19.7 Å². The first-order valence-electron chi connectivity index (χ1n) is 12.2. The fourth-order valence-electron chi connectivity index (χ4n) is 5.32. The zero-order valence-corrected chi connectivity index (χ0v) is 19.6. The van der Waals surface area contributed by atoms with Crippen LogP contribution in [-0.4, -0.2) is 45.8 Å². The van der Waals surface area contributed by atoms with Crippen LogP contribution in [0.3, 0.4) is 0 Å². The summed E-state index contributed by atoms with van der Waals surface area (Å²) >= 11 is 0. The maximum atomic E-state index is 13.2. The van der Waals surface area contributed by atoms with Gasteiger partial charge in [0.05, 0.1) is 12.7 Å². The Balaban J connectivity index is 1.25. The lowest BCUT2D eigenvalue weighted by molar-refractivity contribution is 0.00884. The van der Waals surface area contributed by atoms with Crippen LogP contribution in [0.4, 0.5) is 0 Å². The molecular formula is C28H28N4O3. The molecule has 0 aliphatic carbocycles. The van der Waals surface area contributed by atoms with Crippen molar-refractivity contribution in [3.8, 4) is 0 Å². The first-order valence-corrected chi connectivity index (χ1v) is 12.2. The summed E-state index contributed by atoms with van der Waals surface area (Å²) in [5.41, 5.74) is 4.29. The monoisotopic (exact) mass is 468 g/mol. The van der Waals surface area contributed by atoms with Crippen molar-refractivity contribution in [2.24, 2.45) is 5.41 Å². The second kappa shape index (κ2) is 8.82. The highest BCUT2D eigenvalue weighted by atomic mass is 16.5. The van der Waals surface area contributed by atoms with Crippen LogP contribution in [0.15, 0.2) is 67.0 Å². The average molecular weight is 469 g/mol. The van der Waals surface area contributed by atoms with Gasteiger partial charge >= 0.3 is 0 Å². The number of nitrogens with one attached hydrogen (secondary N) is 1. The van der Waals surface area contributed by atoms with Crippen molar-refractivity contribution in [3.63, 3.8) is 0 Å². The molecule has 7 nitrogen and oxygen atoms in total. The van der Waals surface area contributed by atoms with Crippen molar-refractivity contribution in [2.75, 3.05) is 19.8 Å². The van der Waals surface area contributed by atoms with Crippen molar-refractivity contribution in [2.45, 2.75) is 32.4 Å². The molecular weight excluding hydrogens is 440 g/mol. The molecule has 6 rings (SSSR count). The number of hydrogen-bond acceptors (Lipinski definition) is 4. The van der Waals surface area contributed by atoms with Crippen molar-refractivity contribution < 1.29 is 14.3 Å². The van der Waals surface area contributed by atoms with Crippen LogP contribution in [0.1, 0.15) is 44.8 Å². The molecule has 0 unspecified atom stereocenters. The summed E-state index contributed by atoms with van der Waals surface area (Å²) in [6.45, 7) is 3.51. The van der Waals surface area contributed by atoms with Crippen LogP contribution in [0, 0.1) is 5.41 Å². The Hall–Kier alpha value is -3.71. The minimum absolute atomic E-state index is 0.0154. The van der Waals surface area contributed by atoms with E-state index in [1.807, 2.05) is 53.3 Å². The highest BCUT2D eigenvalue weighted by molar-refractivity contribution is 6.03. The lowest BCUT2D eigenvalue weighted by atomic mass is 9.80. The number of nitrogens with zero attached hydrogens (tertiary/aromatic N) is 3. The van der Waals surface area contributed by atoms with Crippen LogP contribution in [0.2, 0.25) is 0 Å². The molecule has 1 saturated heterocycles. The average Bonchev–Trinajstić information content (AvgIpc) is 3.44. The van der Waals surface area contributed by atoms with Gasteiger partial charge in [0.15, 0.2) is 5.78 Å². The number of carbonyl (C=O) groups is 2. The Morgan fingerprint density at radius 1 is 1.06 bits per heavy atom. The number of ether oxygens (including phenoxy) is 1. The molecule has 1 spiro atoms. The smallest absolute Gasteiger partial charge is 0.267 e. The molecule has 4 heterocycles. The van der Waals surface area contributed by atoms with Gasteiger partial charge < -0.3 is 14.6 Å². The van der Waals surface area contributed by atoms with Gasteiger partial charge in [-0.05, 0) is 36.1 Å². The standard InChI is InChI=1S/C28H28N4O3/c33-26(12-21-15-30-31(17-21)16-20-4-2-1-3-5-20)23-7-6-22-13-25-27(34)29-18-28(8-10-35-11-9-28)19-32(25)24(22)14-23/h1-7,13-15,17H,8-12,16,18-19H2,(H,29,34). The highest BCUT2D eigenvalue weighted by Crippen LogP contribution is 2.36. The number of benzene rings is 2.